The number of rotatable bonds is 4. The fourth-order valence-corrected chi connectivity index (χ4v) is 2.38. The second kappa shape index (κ2) is 8.72. The Kier molecular flexibility index (Phi) is 7.66. The van der Waals surface area contributed by atoms with Gasteiger partial charge in [-0.25, -0.2) is 0 Å². The minimum atomic E-state index is 0.315. The van der Waals surface area contributed by atoms with E-state index in [1.54, 1.807) is 0 Å². The largest absolute Gasteiger partial charge is 0.314 e. The maximum Gasteiger partial charge on any atom is 0.0110 e. The monoisotopic (exact) mass is 267 g/mol. The summed E-state index contributed by atoms with van der Waals surface area (Å²) >= 11 is 0. The third-order valence-corrected chi connectivity index (χ3v) is 3.62. The van der Waals surface area contributed by atoms with Gasteiger partial charge in [0.15, 0.2) is 0 Å². The fraction of sp³-hybridized carbons (Fsp3) is 0.875. The zero-order valence-electron chi connectivity index (χ0n) is 13.3. The number of hydrogen-bond donors (Lipinski definition) is 2. The van der Waals surface area contributed by atoms with Crippen LogP contribution in [0.1, 0.15) is 40.5 Å². The van der Waals surface area contributed by atoms with E-state index in [1.165, 1.54) is 25.9 Å². The van der Waals surface area contributed by atoms with Gasteiger partial charge in [-0.1, -0.05) is 32.9 Å². The zero-order chi connectivity index (χ0) is 14.1. The van der Waals surface area contributed by atoms with Gasteiger partial charge in [-0.3, -0.25) is 4.90 Å². The molecular formula is C16H33N3. The first kappa shape index (κ1) is 16.7. The Labute approximate surface area is 119 Å². The van der Waals surface area contributed by atoms with Crippen LogP contribution in [0.4, 0.5) is 0 Å². The molecule has 1 saturated heterocycles. The van der Waals surface area contributed by atoms with Crippen molar-refractivity contribution < 1.29 is 0 Å². The molecule has 0 aromatic heterocycles. The lowest BCUT2D eigenvalue weighted by molar-refractivity contribution is 0.206. The van der Waals surface area contributed by atoms with E-state index in [4.69, 9.17) is 0 Å². The molecule has 0 spiro atoms. The molecule has 1 fully saturated rings. The van der Waals surface area contributed by atoms with Gasteiger partial charge in [-0.15, -0.1) is 0 Å². The van der Waals surface area contributed by atoms with Crippen LogP contribution in [0.25, 0.3) is 0 Å². The Morgan fingerprint density at radius 2 is 1.63 bits per heavy atom. The molecule has 0 aliphatic carbocycles. The predicted molar refractivity (Wildman–Crippen MR) is 84.6 cm³/mol. The van der Waals surface area contributed by atoms with Crippen molar-refractivity contribution in [2.24, 2.45) is 5.41 Å². The summed E-state index contributed by atoms with van der Waals surface area (Å²) < 4.78 is 0. The zero-order valence-corrected chi connectivity index (χ0v) is 13.3. The predicted octanol–water partition coefficient (Wildman–Crippen LogP) is 2.25. The van der Waals surface area contributed by atoms with E-state index in [0.29, 0.717) is 11.5 Å². The van der Waals surface area contributed by atoms with Crippen LogP contribution in [-0.2, 0) is 0 Å². The van der Waals surface area contributed by atoms with Crippen molar-refractivity contribution in [1.82, 2.24) is 15.5 Å². The maximum atomic E-state index is 3.48. The third kappa shape index (κ3) is 8.40. The molecule has 112 valence electrons. The third-order valence-electron chi connectivity index (χ3n) is 3.62. The first-order chi connectivity index (χ1) is 8.99. The molecule has 1 atom stereocenters. The Balaban J connectivity index is 2.29. The molecule has 3 nitrogen and oxygen atoms in total. The number of allylic oxidation sites excluding steroid dienone is 2. The van der Waals surface area contributed by atoms with Crippen LogP contribution in [0.2, 0.25) is 0 Å². The van der Waals surface area contributed by atoms with Crippen LogP contribution in [0.5, 0.6) is 0 Å². The van der Waals surface area contributed by atoms with E-state index >= 15 is 0 Å². The molecule has 19 heavy (non-hydrogen) atoms. The second-order valence-electron chi connectivity index (χ2n) is 6.73. The van der Waals surface area contributed by atoms with Crippen molar-refractivity contribution in [2.45, 2.75) is 46.6 Å². The lowest BCUT2D eigenvalue weighted by Gasteiger charge is -2.28. The molecule has 1 heterocycles. The summed E-state index contributed by atoms with van der Waals surface area (Å²) in [7, 11) is 0. The molecule has 1 unspecified atom stereocenters. The molecule has 1 aliphatic heterocycles. The standard InChI is InChI=1S/C16H33N3/c1-15(7-5-6-8-16(2,3)4)19-13-11-17-9-10-18-12-14-19/h6,8,15,17-18H,5,7,9-14H2,1-4H3. The average molecular weight is 267 g/mol. The highest BCUT2D eigenvalue weighted by Gasteiger charge is 2.13. The van der Waals surface area contributed by atoms with Gasteiger partial charge in [0.2, 0.25) is 0 Å². The lowest BCUT2D eigenvalue weighted by atomic mass is 9.95. The average Bonchev–Trinajstić information content (AvgIpc) is 2.46. The molecule has 0 bridgehead atoms. The summed E-state index contributed by atoms with van der Waals surface area (Å²) in [6, 6.07) is 0.673. The number of hydrogen-bond acceptors (Lipinski definition) is 3. The maximum absolute atomic E-state index is 3.48. The van der Waals surface area contributed by atoms with Gasteiger partial charge >= 0.3 is 0 Å². The van der Waals surface area contributed by atoms with E-state index in [-0.39, 0.29) is 0 Å². The minimum Gasteiger partial charge on any atom is -0.314 e. The van der Waals surface area contributed by atoms with Gasteiger partial charge in [0.25, 0.3) is 0 Å². The van der Waals surface area contributed by atoms with E-state index in [2.05, 4.69) is 55.4 Å². The Morgan fingerprint density at radius 1 is 1.05 bits per heavy atom. The first-order valence-electron chi connectivity index (χ1n) is 7.82. The Morgan fingerprint density at radius 3 is 2.16 bits per heavy atom. The highest BCUT2D eigenvalue weighted by Crippen LogP contribution is 2.16. The summed E-state index contributed by atoms with van der Waals surface area (Å²) in [4.78, 5) is 2.61. The van der Waals surface area contributed by atoms with Crippen molar-refractivity contribution >= 4 is 0 Å². The van der Waals surface area contributed by atoms with Crippen molar-refractivity contribution in [3.05, 3.63) is 12.2 Å². The van der Waals surface area contributed by atoms with Crippen molar-refractivity contribution in [3.63, 3.8) is 0 Å². The molecule has 0 aromatic carbocycles. The topological polar surface area (TPSA) is 27.3 Å². The highest BCUT2D eigenvalue weighted by atomic mass is 15.2. The van der Waals surface area contributed by atoms with Crippen LogP contribution in [0.15, 0.2) is 12.2 Å². The quantitative estimate of drug-likeness (QED) is 0.765. The van der Waals surface area contributed by atoms with Gasteiger partial charge in [-0.2, -0.15) is 0 Å². The van der Waals surface area contributed by atoms with E-state index < -0.39 is 0 Å². The summed E-state index contributed by atoms with van der Waals surface area (Å²) in [5.74, 6) is 0. The molecule has 1 aliphatic rings. The highest BCUT2D eigenvalue weighted by molar-refractivity contribution is 4.92. The van der Waals surface area contributed by atoms with Crippen molar-refractivity contribution in [1.29, 1.82) is 0 Å². The first-order valence-corrected chi connectivity index (χ1v) is 7.82. The summed E-state index contributed by atoms with van der Waals surface area (Å²) in [5, 5.41) is 6.96. The van der Waals surface area contributed by atoms with Gasteiger partial charge in [0, 0.05) is 45.3 Å². The molecular weight excluding hydrogens is 234 g/mol. The van der Waals surface area contributed by atoms with Crippen LogP contribution in [0.3, 0.4) is 0 Å². The SMILES string of the molecule is CC(CCC=CC(C)(C)C)N1CCNCCNCC1. The van der Waals surface area contributed by atoms with Crippen LogP contribution < -0.4 is 10.6 Å². The van der Waals surface area contributed by atoms with E-state index in [9.17, 15) is 0 Å². The normalized spacial score (nSPS) is 21.9. The molecule has 0 aromatic rings. The molecule has 0 saturated carbocycles. The Hall–Kier alpha value is -0.380. The van der Waals surface area contributed by atoms with Crippen molar-refractivity contribution in [3.8, 4) is 0 Å². The number of nitrogens with one attached hydrogen (secondary N) is 2. The lowest BCUT2D eigenvalue weighted by Crippen LogP contribution is -2.40. The van der Waals surface area contributed by atoms with Gasteiger partial charge < -0.3 is 10.6 Å². The second-order valence-corrected chi connectivity index (χ2v) is 6.73. The summed E-state index contributed by atoms with van der Waals surface area (Å²) in [6.45, 7) is 15.9. The summed E-state index contributed by atoms with van der Waals surface area (Å²) in [6.07, 6.45) is 7.13. The summed E-state index contributed by atoms with van der Waals surface area (Å²) in [5.41, 5.74) is 0.315. The minimum absolute atomic E-state index is 0.315. The number of nitrogens with zero attached hydrogens (tertiary/aromatic N) is 1. The van der Waals surface area contributed by atoms with Gasteiger partial charge in [0.1, 0.15) is 0 Å². The molecule has 3 heteroatoms. The van der Waals surface area contributed by atoms with Gasteiger partial charge in [-0.05, 0) is 25.2 Å². The smallest absolute Gasteiger partial charge is 0.0110 e. The van der Waals surface area contributed by atoms with E-state index in [1.807, 2.05) is 0 Å². The van der Waals surface area contributed by atoms with Crippen LogP contribution in [-0.4, -0.2) is 50.2 Å². The van der Waals surface area contributed by atoms with E-state index in [0.717, 1.165) is 26.2 Å². The molecule has 0 amide bonds. The van der Waals surface area contributed by atoms with Crippen LogP contribution in [0, 0.1) is 5.41 Å². The van der Waals surface area contributed by atoms with Crippen LogP contribution >= 0.6 is 0 Å². The molecule has 0 radical (unpaired) electrons. The molecule has 2 N–H and O–H groups in total. The molecule has 1 rings (SSSR count). The van der Waals surface area contributed by atoms with Crippen molar-refractivity contribution in [2.75, 3.05) is 39.3 Å². The van der Waals surface area contributed by atoms with Gasteiger partial charge in [0.05, 0.1) is 0 Å². The fourth-order valence-electron chi connectivity index (χ4n) is 2.38. The Bertz CT molecular complexity index is 245.